The summed E-state index contributed by atoms with van der Waals surface area (Å²) < 4.78 is 0. The van der Waals surface area contributed by atoms with E-state index in [1.54, 1.807) is 5.16 Å². The molecule has 0 unspecified atom stereocenters. The highest BCUT2D eigenvalue weighted by atomic mass is 32.1. The Kier molecular flexibility index (Phi) is 5.31. The number of benzene rings is 1. The molecule has 0 bridgehead atoms. The van der Waals surface area contributed by atoms with Crippen LogP contribution in [0.15, 0.2) is 24.3 Å². The second-order valence-corrected chi connectivity index (χ2v) is 1.99. The molecule has 0 amide bonds. The number of rotatable bonds is 0. The van der Waals surface area contributed by atoms with Crippen molar-refractivity contribution in [1.29, 1.82) is 10.8 Å². The van der Waals surface area contributed by atoms with Crippen LogP contribution in [0.5, 0.6) is 0 Å². The number of thiocarbonyl (C=S) groups is 1. The quantitative estimate of drug-likeness (QED) is 0.369. The van der Waals surface area contributed by atoms with E-state index >= 15 is 0 Å². The van der Waals surface area contributed by atoms with Gasteiger partial charge in [0.05, 0.1) is 5.16 Å². The fourth-order valence-corrected chi connectivity index (χ4v) is 0.663. The molecule has 0 aromatic carbocycles. The van der Waals surface area contributed by atoms with Crippen LogP contribution in [0.25, 0.3) is 11.1 Å². The van der Waals surface area contributed by atoms with Gasteiger partial charge in [0, 0.05) is 0 Å². The SMILES string of the molecule is N=C=O.N=C=S.c1cc2ccc1-2. The highest BCUT2D eigenvalue weighted by Gasteiger charge is 2.03. The third-order valence-corrected chi connectivity index (χ3v) is 1.22. The Morgan fingerprint density at radius 1 is 1.08 bits per heavy atom. The van der Waals surface area contributed by atoms with Crippen molar-refractivity contribution in [3.8, 4) is 11.1 Å². The fraction of sp³-hybridized carbons (Fsp3) is 0. The summed E-state index contributed by atoms with van der Waals surface area (Å²) in [5.41, 5.74) is 2.85. The van der Waals surface area contributed by atoms with Gasteiger partial charge in [-0.3, -0.25) is 0 Å². The van der Waals surface area contributed by atoms with Crippen molar-refractivity contribution in [2.75, 3.05) is 0 Å². The van der Waals surface area contributed by atoms with E-state index in [1.807, 2.05) is 0 Å². The standard InChI is InChI=1S/C6H4.CHNO.CHNS/c1-2-6-4-3-5(1)6;2*2-1-3/h1-4H;2*2H. The topological polar surface area (TPSA) is 64.8 Å². The molecule has 2 aliphatic carbocycles. The molecule has 0 atom stereocenters. The molecule has 0 spiro atoms. The van der Waals surface area contributed by atoms with Crippen molar-refractivity contribution < 1.29 is 4.79 Å². The summed E-state index contributed by atoms with van der Waals surface area (Å²) in [6, 6.07) is 8.48. The molecule has 4 heteroatoms. The van der Waals surface area contributed by atoms with Crippen molar-refractivity contribution in [2.24, 2.45) is 0 Å². The van der Waals surface area contributed by atoms with E-state index < -0.39 is 0 Å². The predicted octanol–water partition coefficient (Wildman–Crippen LogP) is 2.24. The minimum absolute atomic E-state index is 0.750. The van der Waals surface area contributed by atoms with E-state index in [1.165, 1.54) is 11.1 Å². The number of nitrogens with one attached hydrogen (secondary N) is 2. The molecule has 0 aliphatic heterocycles. The van der Waals surface area contributed by atoms with Crippen LogP contribution < -0.4 is 0 Å². The van der Waals surface area contributed by atoms with Crippen LogP contribution in [0.4, 0.5) is 0 Å². The van der Waals surface area contributed by atoms with Crippen molar-refractivity contribution in [2.45, 2.75) is 0 Å². The first-order valence-electron chi connectivity index (χ1n) is 2.98. The number of hydrogen-bond acceptors (Lipinski definition) is 4. The maximum Gasteiger partial charge on any atom is 0.231 e. The molecule has 3 nitrogen and oxygen atoms in total. The summed E-state index contributed by atoms with van der Waals surface area (Å²) in [5, 5.41) is 12.8. The molecule has 0 heterocycles. The Morgan fingerprint density at radius 3 is 1.25 bits per heavy atom. The molecule has 0 fully saturated rings. The van der Waals surface area contributed by atoms with E-state index in [9.17, 15) is 0 Å². The normalized spacial score (nSPS) is 7.00. The molecule has 2 aliphatic rings. The van der Waals surface area contributed by atoms with E-state index in [0.717, 1.165) is 6.08 Å². The maximum absolute atomic E-state index is 8.35. The molecule has 0 aromatic heterocycles. The molecule has 0 aromatic rings. The van der Waals surface area contributed by atoms with Gasteiger partial charge in [-0.05, 0) is 23.3 Å². The van der Waals surface area contributed by atoms with Crippen LogP contribution in [0.3, 0.4) is 0 Å². The van der Waals surface area contributed by atoms with Crippen molar-refractivity contribution >= 4 is 23.5 Å². The molecular weight excluding hydrogens is 172 g/mol. The number of isothiocyanates is 1. The minimum atomic E-state index is 0.750. The van der Waals surface area contributed by atoms with Gasteiger partial charge >= 0.3 is 0 Å². The average molecular weight is 178 g/mol. The van der Waals surface area contributed by atoms with Gasteiger partial charge in [0.1, 0.15) is 0 Å². The monoisotopic (exact) mass is 178 g/mol. The Hall–Kier alpha value is -1.60. The second-order valence-electron chi connectivity index (χ2n) is 1.78. The number of hydrogen-bond donors (Lipinski definition) is 2. The van der Waals surface area contributed by atoms with Gasteiger partial charge in [0.2, 0.25) is 6.08 Å². The zero-order chi connectivity index (χ0) is 9.40. The smallest absolute Gasteiger partial charge is 0.231 e. The van der Waals surface area contributed by atoms with Gasteiger partial charge < -0.3 is 0 Å². The zero-order valence-electron chi connectivity index (χ0n) is 6.13. The Bertz CT molecular complexity index is 273. The minimum Gasteiger partial charge on any atom is -0.248 e. The first-order chi connectivity index (χ1) is 5.79. The van der Waals surface area contributed by atoms with Crippen molar-refractivity contribution in [3.63, 3.8) is 0 Å². The summed E-state index contributed by atoms with van der Waals surface area (Å²) in [6.45, 7) is 0. The van der Waals surface area contributed by atoms with Gasteiger partial charge in [0.15, 0.2) is 0 Å². The molecule has 60 valence electrons. The molecular formula is C8H6N2OS. The highest BCUT2D eigenvalue weighted by Crippen LogP contribution is 2.29. The summed E-state index contributed by atoms with van der Waals surface area (Å²) in [6.07, 6.45) is 0.750. The van der Waals surface area contributed by atoms with Gasteiger partial charge in [-0.25, -0.2) is 15.6 Å². The lowest BCUT2D eigenvalue weighted by Crippen LogP contribution is -1.85. The average Bonchev–Trinajstić information content (AvgIpc) is 2.00. The predicted molar refractivity (Wildman–Crippen MR) is 49.2 cm³/mol. The van der Waals surface area contributed by atoms with Gasteiger partial charge in [-0.2, -0.15) is 0 Å². The molecule has 2 N–H and O–H groups in total. The van der Waals surface area contributed by atoms with Crippen molar-refractivity contribution in [3.05, 3.63) is 24.3 Å². The molecule has 0 saturated heterocycles. The second kappa shape index (κ2) is 6.13. The fourth-order valence-electron chi connectivity index (χ4n) is 0.663. The summed E-state index contributed by atoms with van der Waals surface area (Å²) in [4.78, 5) is 8.35. The Labute approximate surface area is 75.1 Å². The van der Waals surface area contributed by atoms with Gasteiger partial charge in [-0.15, -0.1) is 0 Å². The lowest BCUT2D eigenvalue weighted by Gasteiger charge is -2.10. The lowest BCUT2D eigenvalue weighted by atomic mass is 9.95. The number of isocyanates is 1. The maximum atomic E-state index is 8.35. The van der Waals surface area contributed by atoms with Gasteiger partial charge in [0.25, 0.3) is 0 Å². The van der Waals surface area contributed by atoms with Crippen LogP contribution >= 0.6 is 12.2 Å². The van der Waals surface area contributed by atoms with Crippen LogP contribution in [-0.2, 0) is 4.79 Å². The molecule has 2 rings (SSSR count). The van der Waals surface area contributed by atoms with E-state index in [-0.39, 0.29) is 0 Å². The first-order valence-corrected chi connectivity index (χ1v) is 3.39. The first kappa shape index (κ1) is 10.4. The Balaban J connectivity index is 0.000000177. The lowest BCUT2D eigenvalue weighted by molar-refractivity contribution is 0.563. The van der Waals surface area contributed by atoms with Crippen LogP contribution in [0.2, 0.25) is 0 Å². The largest absolute Gasteiger partial charge is 0.248 e. The molecule has 0 radical (unpaired) electrons. The summed E-state index contributed by atoms with van der Waals surface area (Å²) in [5.74, 6) is 0. The van der Waals surface area contributed by atoms with E-state index in [4.69, 9.17) is 15.6 Å². The number of carbonyl (C=O) groups excluding carboxylic acids is 1. The third kappa shape index (κ3) is 2.99. The number of fused-ring (bicyclic) bond motifs is 1. The van der Waals surface area contributed by atoms with Crippen molar-refractivity contribution in [1.82, 2.24) is 0 Å². The molecule has 12 heavy (non-hydrogen) atoms. The van der Waals surface area contributed by atoms with E-state index in [0.29, 0.717) is 0 Å². The van der Waals surface area contributed by atoms with Crippen LogP contribution in [0, 0.1) is 10.8 Å². The third-order valence-electron chi connectivity index (χ3n) is 1.22. The summed E-state index contributed by atoms with van der Waals surface area (Å²) in [7, 11) is 0. The van der Waals surface area contributed by atoms with Crippen LogP contribution in [-0.4, -0.2) is 11.2 Å². The summed E-state index contributed by atoms with van der Waals surface area (Å²) >= 11 is 3.81. The van der Waals surface area contributed by atoms with Crippen LogP contribution in [0.1, 0.15) is 0 Å². The molecule has 0 saturated carbocycles. The van der Waals surface area contributed by atoms with Gasteiger partial charge in [-0.1, -0.05) is 24.3 Å². The highest BCUT2D eigenvalue weighted by molar-refractivity contribution is 7.78. The zero-order valence-corrected chi connectivity index (χ0v) is 6.94. The Morgan fingerprint density at radius 2 is 1.25 bits per heavy atom. The van der Waals surface area contributed by atoms with E-state index in [2.05, 4.69) is 36.5 Å².